The van der Waals surface area contributed by atoms with Gasteiger partial charge in [0.25, 0.3) is 0 Å². The van der Waals surface area contributed by atoms with Gasteiger partial charge in [-0.1, -0.05) is 25.1 Å². The van der Waals surface area contributed by atoms with Crippen molar-refractivity contribution in [1.82, 2.24) is 5.32 Å². The van der Waals surface area contributed by atoms with Gasteiger partial charge < -0.3 is 10.6 Å². The molecule has 0 heterocycles. The van der Waals surface area contributed by atoms with Crippen molar-refractivity contribution in [3.05, 3.63) is 30.3 Å². The zero-order chi connectivity index (χ0) is 13.2. The first-order chi connectivity index (χ1) is 8.72. The Morgan fingerprint density at radius 1 is 1.33 bits per heavy atom. The van der Waals surface area contributed by atoms with Crippen molar-refractivity contribution in [2.45, 2.75) is 26.3 Å². The first kappa shape index (κ1) is 15.1. The molecule has 3 nitrogen and oxygen atoms in total. The van der Waals surface area contributed by atoms with Crippen LogP contribution in [-0.2, 0) is 4.79 Å². The second-order valence-corrected chi connectivity index (χ2v) is 5.58. The SMILES string of the molecule is CCSCCC(C)NCC(=O)Nc1ccccc1. The van der Waals surface area contributed by atoms with E-state index in [1.54, 1.807) is 0 Å². The van der Waals surface area contributed by atoms with Crippen molar-refractivity contribution in [3.63, 3.8) is 0 Å². The highest BCUT2D eigenvalue weighted by Crippen LogP contribution is 2.05. The van der Waals surface area contributed by atoms with Gasteiger partial charge in [-0.15, -0.1) is 0 Å². The van der Waals surface area contributed by atoms with Gasteiger partial charge in [-0.2, -0.15) is 11.8 Å². The molecule has 1 unspecified atom stereocenters. The third-order valence-electron chi connectivity index (χ3n) is 2.57. The molecular formula is C14H22N2OS. The van der Waals surface area contributed by atoms with Crippen LogP contribution in [0.3, 0.4) is 0 Å². The lowest BCUT2D eigenvalue weighted by molar-refractivity contribution is -0.115. The molecule has 0 spiro atoms. The van der Waals surface area contributed by atoms with E-state index in [-0.39, 0.29) is 5.91 Å². The Balaban J connectivity index is 2.17. The summed E-state index contributed by atoms with van der Waals surface area (Å²) in [4.78, 5) is 11.7. The van der Waals surface area contributed by atoms with Gasteiger partial charge in [0.2, 0.25) is 5.91 Å². The molecule has 0 aromatic heterocycles. The predicted molar refractivity (Wildman–Crippen MR) is 80.2 cm³/mol. The van der Waals surface area contributed by atoms with E-state index in [0.717, 1.165) is 23.6 Å². The normalized spacial score (nSPS) is 12.1. The minimum absolute atomic E-state index is 0.0104. The van der Waals surface area contributed by atoms with Crippen molar-refractivity contribution >= 4 is 23.4 Å². The second kappa shape index (κ2) is 9.00. The number of carbonyl (C=O) groups excluding carboxylic acids is 1. The number of anilines is 1. The number of hydrogen-bond donors (Lipinski definition) is 2. The quantitative estimate of drug-likeness (QED) is 0.711. The number of para-hydroxylation sites is 1. The minimum Gasteiger partial charge on any atom is -0.325 e. The maximum Gasteiger partial charge on any atom is 0.238 e. The molecule has 0 fully saturated rings. The summed E-state index contributed by atoms with van der Waals surface area (Å²) in [6, 6.07) is 9.91. The lowest BCUT2D eigenvalue weighted by Gasteiger charge is -2.13. The molecule has 4 heteroatoms. The molecule has 0 aliphatic heterocycles. The molecule has 0 saturated carbocycles. The van der Waals surface area contributed by atoms with Crippen LogP contribution >= 0.6 is 11.8 Å². The second-order valence-electron chi connectivity index (χ2n) is 4.18. The summed E-state index contributed by atoms with van der Waals surface area (Å²) in [6.45, 7) is 4.65. The number of amides is 1. The molecule has 1 aromatic rings. The fraction of sp³-hybridized carbons (Fsp3) is 0.500. The zero-order valence-electron chi connectivity index (χ0n) is 11.1. The lowest BCUT2D eigenvalue weighted by atomic mass is 10.2. The maximum atomic E-state index is 11.7. The number of nitrogens with one attached hydrogen (secondary N) is 2. The molecule has 2 N–H and O–H groups in total. The van der Waals surface area contributed by atoms with Crippen LogP contribution in [0, 0.1) is 0 Å². The molecule has 1 atom stereocenters. The van der Waals surface area contributed by atoms with Crippen molar-refractivity contribution in [3.8, 4) is 0 Å². The number of thioether (sulfide) groups is 1. The van der Waals surface area contributed by atoms with Crippen molar-refractivity contribution in [1.29, 1.82) is 0 Å². The highest BCUT2D eigenvalue weighted by atomic mass is 32.2. The van der Waals surface area contributed by atoms with Gasteiger partial charge in [-0.05, 0) is 37.0 Å². The fourth-order valence-corrected chi connectivity index (χ4v) is 2.31. The van der Waals surface area contributed by atoms with Gasteiger partial charge in [0.1, 0.15) is 0 Å². The summed E-state index contributed by atoms with van der Waals surface area (Å²) in [5, 5.41) is 6.09. The Labute approximate surface area is 114 Å². The molecule has 0 saturated heterocycles. The molecule has 1 rings (SSSR count). The Hall–Kier alpha value is -1.00. The van der Waals surface area contributed by atoms with Crippen LogP contribution in [0.5, 0.6) is 0 Å². The predicted octanol–water partition coefficient (Wildman–Crippen LogP) is 2.75. The molecule has 18 heavy (non-hydrogen) atoms. The molecule has 0 aliphatic carbocycles. The number of carbonyl (C=O) groups is 1. The topological polar surface area (TPSA) is 41.1 Å². The number of benzene rings is 1. The number of hydrogen-bond acceptors (Lipinski definition) is 3. The summed E-state index contributed by atoms with van der Waals surface area (Å²) < 4.78 is 0. The summed E-state index contributed by atoms with van der Waals surface area (Å²) in [5.74, 6) is 2.31. The van der Waals surface area contributed by atoms with Crippen LogP contribution in [-0.4, -0.2) is 30.0 Å². The van der Waals surface area contributed by atoms with Crippen molar-refractivity contribution in [2.75, 3.05) is 23.4 Å². The van der Waals surface area contributed by atoms with Crippen LogP contribution < -0.4 is 10.6 Å². The van der Waals surface area contributed by atoms with Gasteiger partial charge in [0.15, 0.2) is 0 Å². The van der Waals surface area contributed by atoms with E-state index in [1.807, 2.05) is 42.1 Å². The Morgan fingerprint density at radius 3 is 2.72 bits per heavy atom. The van der Waals surface area contributed by atoms with Gasteiger partial charge in [-0.25, -0.2) is 0 Å². The van der Waals surface area contributed by atoms with E-state index in [0.29, 0.717) is 12.6 Å². The first-order valence-electron chi connectivity index (χ1n) is 6.38. The monoisotopic (exact) mass is 266 g/mol. The van der Waals surface area contributed by atoms with Crippen LogP contribution in [0.4, 0.5) is 5.69 Å². The Kier molecular flexibility index (Phi) is 7.53. The molecule has 100 valence electrons. The number of rotatable bonds is 8. The molecular weight excluding hydrogens is 244 g/mol. The van der Waals surface area contributed by atoms with Gasteiger partial charge in [0.05, 0.1) is 6.54 Å². The Bertz CT molecular complexity index is 343. The van der Waals surface area contributed by atoms with Crippen LogP contribution in [0.15, 0.2) is 30.3 Å². The average Bonchev–Trinajstić information content (AvgIpc) is 2.38. The van der Waals surface area contributed by atoms with Gasteiger partial charge in [-0.3, -0.25) is 4.79 Å². The lowest BCUT2D eigenvalue weighted by Crippen LogP contribution is -2.34. The molecule has 0 radical (unpaired) electrons. The first-order valence-corrected chi connectivity index (χ1v) is 7.54. The molecule has 1 aromatic carbocycles. The maximum absolute atomic E-state index is 11.7. The summed E-state index contributed by atoms with van der Waals surface area (Å²) >= 11 is 1.93. The van der Waals surface area contributed by atoms with E-state index < -0.39 is 0 Å². The average molecular weight is 266 g/mol. The van der Waals surface area contributed by atoms with E-state index in [1.165, 1.54) is 0 Å². The van der Waals surface area contributed by atoms with Crippen LogP contribution in [0.25, 0.3) is 0 Å². The molecule has 1 amide bonds. The van der Waals surface area contributed by atoms with E-state index >= 15 is 0 Å². The third-order valence-corrected chi connectivity index (χ3v) is 3.50. The van der Waals surface area contributed by atoms with E-state index in [4.69, 9.17) is 0 Å². The standard InChI is InChI=1S/C14H22N2OS/c1-3-18-10-9-12(2)15-11-14(17)16-13-7-5-4-6-8-13/h4-8,12,15H,3,9-11H2,1-2H3,(H,16,17). The smallest absolute Gasteiger partial charge is 0.238 e. The summed E-state index contributed by atoms with van der Waals surface area (Å²) in [7, 11) is 0. The largest absolute Gasteiger partial charge is 0.325 e. The van der Waals surface area contributed by atoms with Crippen LogP contribution in [0.2, 0.25) is 0 Å². The molecule has 0 bridgehead atoms. The minimum atomic E-state index is 0.0104. The zero-order valence-corrected chi connectivity index (χ0v) is 11.9. The van der Waals surface area contributed by atoms with Gasteiger partial charge in [0, 0.05) is 11.7 Å². The van der Waals surface area contributed by atoms with E-state index in [2.05, 4.69) is 24.5 Å². The van der Waals surface area contributed by atoms with E-state index in [9.17, 15) is 4.79 Å². The molecule has 0 aliphatic rings. The van der Waals surface area contributed by atoms with Crippen LogP contribution in [0.1, 0.15) is 20.3 Å². The fourth-order valence-electron chi connectivity index (χ4n) is 1.50. The highest BCUT2D eigenvalue weighted by Gasteiger charge is 2.05. The van der Waals surface area contributed by atoms with Crippen molar-refractivity contribution in [2.24, 2.45) is 0 Å². The van der Waals surface area contributed by atoms with Crippen molar-refractivity contribution < 1.29 is 4.79 Å². The third kappa shape index (κ3) is 6.67. The Morgan fingerprint density at radius 2 is 2.06 bits per heavy atom. The summed E-state index contributed by atoms with van der Waals surface area (Å²) in [6.07, 6.45) is 1.09. The highest BCUT2D eigenvalue weighted by molar-refractivity contribution is 7.99. The van der Waals surface area contributed by atoms with Gasteiger partial charge >= 0.3 is 0 Å². The summed E-state index contributed by atoms with van der Waals surface area (Å²) in [5.41, 5.74) is 0.846.